The zero-order valence-corrected chi connectivity index (χ0v) is 12.1. The fourth-order valence-corrected chi connectivity index (χ4v) is 2.01. The number of rotatable bonds is 5. The summed E-state index contributed by atoms with van der Waals surface area (Å²) in [5, 5.41) is 11.0. The first-order valence-electron chi connectivity index (χ1n) is 6.67. The lowest BCUT2D eigenvalue weighted by atomic mass is 10.1. The molecule has 21 heavy (non-hydrogen) atoms. The Labute approximate surface area is 123 Å². The predicted octanol–water partition coefficient (Wildman–Crippen LogP) is 3.25. The van der Waals surface area contributed by atoms with E-state index in [0.717, 1.165) is 11.1 Å². The first-order chi connectivity index (χ1) is 10.0. The van der Waals surface area contributed by atoms with Crippen molar-refractivity contribution < 1.29 is 9.66 Å². The maximum absolute atomic E-state index is 11.0. The van der Waals surface area contributed by atoms with E-state index >= 15 is 0 Å². The highest BCUT2D eigenvalue weighted by atomic mass is 16.6. The van der Waals surface area contributed by atoms with Crippen LogP contribution in [0.5, 0.6) is 5.75 Å². The average Bonchev–Trinajstić information content (AvgIpc) is 2.48. The van der Waals surface area contributed by atoms with Crippen LogP contribution in [0.15, 0.2) is 36.4 Å². The number of hydrogen-bond donors (Lipinski definition) is 1. The number of nitro benzene ring substituents is 1. The Hall–Kier alpha value is -2.40. The summed E-state index contributed by atoms with van der Waals surface area (Å²) >= 11 is 0. The van der Waals surface area contributed by atoms with Crippen molar-refractivity contribution in [3.05, 3.63) is 68.8 Å². The van der Waals surface area contributed by atoms with E-state index in [0.29, 0.717) is 6.54 Å². The smallest absolute Gasteiger partial charge is 0.310 e. The van der Waals surface area contributed by atoms with Crippen LogP contribution in [0.1, 0.15) is 22.3 Å². The number of nitro groups is 1. The third-order valence-corrected chi connectivity index (χ3v) is 3.42. The minimum absolute atomic E-state index is 0.0453. The summed E-state index contributed by atoms with van der Waals surface area (Å²) in [7, 11) is 0. The molecular formula is C16H18N2O3. The molecule has 0 radical (unpaired) electrons. The van der Waals surface area contributed by atoms with Crippen molar-refractivity contribution in [3.63, 3.8) is 0 Å². The lowest BCUT2D eigenvalue weighted by molar-refractivity contribution is -0.386. The summed E-state index contributed by atoms with van der Waals surface area (Å²) in [6.45, 7) is 4.67. The van der Waals surface area contributed by atoms with Gasteiger partial charge in [0.2, 0.25) is 0 Å². The molecule has 0 fully saturated rings. The summed E-state index contributed by atoms with van der Waals surface area (Å²) in [6.07, 6.45) is 0. The van der Waals surface area contributed by atoms with E-state index in [1.807, 2.05) is 32.0 Å². The Morgan fingerprint density at radius 2 is 1.81 bits per heavy atom. The molecular weight excluding hydrogens is 268 g/mol. The van der Waals surface area contributed by atoms with Gasteiger partial charge in [-0.3, -0.25) is 10.1 Å². The molecule has 0 aliphatic carbocycles. The number of nitrogens with two attached hydrogens (primary N) is 1. The largest absolute Gasteiger partial charge is 0.482 e. The Morgan fingerprint density at radius 3 is 2.43 bits per heavy atom. The molecule has 2 rings (SSSR count). The monoisotopic (exact) mass is 286 g/mol. The van der Waals surface area contributed by atoms with Gasteiger partial charge in [0.15, 0.2) is 5.75 Å². The fourth-order valence-electron chi connectivity index (χ4n) is 2.01. The topological polar surface area (TPSA) is 78.4 Å². The van der Waals surface area contributed by atoms with E-state index < -0.39 is 4.92 Å². The molecule has 0 aromatic heterocycles. The van der Waals surface area contributed by atoms with Crippen molar-refractivity contribution in [1.82, 2.24) is 0 Å². The number of benzene rings is 2. The molecule has 2 N–H and O–H groups in total. The summed E-state index contributed by atoms with van der Waals surface area (Å²) in [5.74, 6) is 0.251. The highest BCUT2D eigenvalue weighted by Gasteiger charge is 2.15. The second-order valence-corrected chi connectivity index (χ2v) is 4.97. The minimum Gasteiger partial charge on any atom is -0.482 e. The van der Waals surface area contributed by atoms with Crippen LogP contribution in [0.4, 0.5) is 5.69 Å². The number of aryl methyl sites for hydroxylation is 2. The molecule has 0 saturated heterocycles. The highest BCUT2D eigenvalue weighted by molar-refractivity contribution is 5.48. The van der Waals surface area contributed by atoms with Crippen molar-refractivity contribution >= 4 is 5.69 Å². The summed E-state index contributed by atoms with van der Waals surface area (Å²) in [5.41, 5.74) is 9.67. The van der Waals surface area contributed by atoms with Crippen LogP contribution in [0.2, 0.25) is 0 Å². The van der Waals surface area contributed by atoms with Crippen LogP contribution < -0.4 is 10.5 Å². The molecule has 0 bridgehead atoms. The molecule has 0 aliphatic rings. The summed E-state index contributed by atoms with van der Waals surface area (Å²) < 4.78 is 5.62. The van der Waals surface area contributed by atoms with Gasteiger partial charge in [0.1, 0.15) is 6.61 Å². The molecule has 0 atom stereocenters. The van der Waals surface area contributed by atoms with Crippen LogP contribution in [-0.2, 0) is 13.2 Å². The summed E-state index contributed by atoms with van der Waals surface area (Å²) in [4.78, 5) is 10.6. The first kappa shape index (κ1) is 15.0. The molecule has 0 spiro atoms. The van der Waals surface area contributed by atoms with E-state index in [1.54, 1.807) is 12.1 Å². The molecule has 0 saturated carbocycles. The molecule has 110 valence electrons. The fraction of sp³-hybridized carbons (Fsp3) is 0.250. The normalized spacial score (nSPS) is 10.4. The van der Waals surface area contributed by atoms with Crippen LogP contribution in [0, 0.1) is 24.0 Å². The van der Waals surface area contributed by atoms with Crippen molar-refractivity contribution in [1.29, 1.82) is 0 Å². The molecule has 0 amide bonds. The molecule has 5 nitrogen and oxygen atoms in total. The van der Waals surface area contributed by atoms with E-state index in [2.05, 4.69) is 0 Å². The zero-order valence-electron chi connectivity index (χ0n) is 12.1. The number of hydrogen-bond acceptors (Lipinski definition) is 4. The van der Waals surface area contributed by atoms with Crippen molar-refractivity contribution in [2.45, 2.75) is 27.0 Å². The highest BCUT2D eigenvalue weighted by Crippen LogP contribution is 2.28. The Kier molecular flexibility index (Phi) is 4.55. The van der Waals surface area contributed by atoms with Gasteiger partial charge in [-0.15, -0.1) is 0 Å². The molecule has 0 aliphatic heterocycles. The standard InChI is InChI=1S/C16H18N2O3/c1-11-3-4-14(7-12(11)2)10-21-16-8-13(9-17)5-6-15(16)18(19)20/h3-8H,9-10,17H2,1-2H3. The third kappa shape index (κ3) is 3.58. The Balaban J connectivity index is 2.21. The van der Waals surface area contributed by atoms with Crippen LogP contribution in [0.25, 0.3) is 0 Å². The molecule has 2 aromatic carbocycles. The van der Waals surface area contributed by atoms with Gasteiger partial charge < -0.3 is 10.5 Å². The van der Waals surface area contributed by atoms with E-state index in [9.17, 15) is 10.1 Å². The van der Waals surface area contributed by atoms with E-state index in [4.69, 9.17) is 10.5 Å². The quantitative estimate of drug-likeness (QED) is 0.676. The SMILES string of the molecule is Cc1ccc(COc2cc(CN)ccc2[N+](=O)[O-])cc1C. The van der Waals surface area contributed by atoms with Crippen molar-refractivity contribution in [2.24, 2.45) is 5.73 Å². The first-order valence-corrected chi connectivity index (χ1v) is 6.67. The second-order valence-electron chi connectivity index (χ2n) is 4.97. The van der Waals surface area contributed by atoms with Crippen molar-refractivity contribution in [2.75, 3.05) is 0 Å². The van der Waals surface area contributed by atoms with Gasteiger partial charge in [-0.05, 0) is 42.2 Å². The second kappa shape index (κ2) is 6.37. The maximum atomic E-state index is 11.0. The average molecular weight is 286 g/mol. The van der Waals surface area contributed by atoms with Crippen LogP contribution >= 0.6 is 0 Å². The number of ether oxygens (including phenoxy) is 1. The van der Waals surface area contributed by atoms with Gasteiger partial charge in [-0.1, -0.05) is 24.3 Å². The van der Waals surface area contributed by atoms with E-state index in [-0.39, 0.29) is 18.0 Å². The van der Waals surface area contributed by atoms with Gasteiger partial charge in [-0.25, -0.2) is 0 Å². The molecule has 0 heterocycles. The lowest BCUT2D eigenvalue weighted by Gasteiger charge is -2.09. The summed E-state index contributed by atoms with van der Waals surface area (Å²) in [6, 6.07) is 10.7. The van der Waals surface area contributed by atoms with Crippen molar-refractivity contribution in [3.8, 4) is 5.75 Å². The molecule has 0 unspecified atom stereocenters. The van der Waals surface area contributed by atoms with Crippen LogP contribution in [-0.4, -0.2) is 4.92 Å². The van der Waals surface area contributed by atoms with Gasteiger partial charge >= 0.3 is 5.69 Å². The Bertz CT molecular complexity index is 669. The molecule has 2 aromatic rings. The van der Waals surface area contributed by atoms with Gasteiger partial charge in [0.25, 0.3) is 0 Å². The molecule has 5 heteroatoms. The minimum atomic E-state index is -0.448. The maximum Gasteiger partial charge on any atom is 0.310 e. The lowest BCUT2D eigenvalue weighted by Crippen LogP contribution is -2.02. The predicted molar refractivity (Wildman–Crippen MR) is 81.2 cm³/mol. The third-order valence-electron chi connectivity index (χ3n) is 3.42. The van der Waals surface area contributed by atoms with Gasteiger partial charge in [-0.2, -0.15) is 0 Å². The zero-order chi connectivity index (χ0) is 15.4. The van der Waals surface area contributed by atoms with Crippen LogP contribution in [0.3, 0.4) is 0 Å². The number of nitrogens with zero attached hydrogens (tertiary/aromatic N) is 1. The van der Waals surface area contributed by atoms with Gasteiger partial charge in [0, 0.05) is 12.6 Å². The van der Waals surface area contributed by atoms with Gasteiger partial charge in [0.05, 0.1) is 4.92 Å². The van der Waals surface area contributed by atoms with E-state index in [1.165, 1.54) is 17.2 Å². The Morgan fingerprint density at radius 1 is 1.10 bits per heavy atom.